The van der Waals surface area contributed by atoms with Crippen LogP contribution in [0.2, 0.25) is 5.02 Å². The number of carbonyl (C=O) groups excluding carboxylic acids is 2. The van der Waals surface area contributed by atoms with E-state index in [1.54, 1.807) is 30.3 Å². The second-order valence-corrected chi connectivity index (χ2v) is 4.79. The van der Waals surface area contributed by atoms with Crippen molar-refractivity contribution in [3.8, 4) is 5.75 Å². The summed E-state index contributed by atoms with van der Waals surface area (Å²) in [4.78, 5) is 27.1. The van der Waals surface area contributed by atoms with Gasteiger partial charge >= 0.3 is 0 Å². The molecule has 0 aliphatic rings. The van der Waals surface area contributed by atoms with E-state index in [1.807, 2.05) is 6.07 Å². The van der Waals surface area contributed by atoms with Crippen LogP contribution in [-0.2, 0) is 11.4 Å². The van der Waals surface area contributed by atoms with Crippen molar-refractivity contribution >= 4 is 23.4 Å². The molecule has 7 heteroatoms. The Morgan fingerprint density at radius 3 is 2.82 bits per heavy atom. The zero-order valence-corrected chi connectivity index (χ0v) is 12.3. The molecule has 1 aromatic carbocycles. The van der Waals surface area contributed by atoms with Crippen LogP contribution in [0, 0.1) is 0 Å². The molecule has 2 rings (SSSR count). The third-order valence-corrected chi connectivity index (χ3v) is 2.94. The topological polar surface area (TPSA) is 94.3 Å². The van der Waals surface area contributed by atoms with Gasteiger partial charge in [0.25, 0.3) is 5.91 Å². The molecule has 0 saturated heterocycles. The molecule has 0 radical (unpaired) electrons. The lowest BCUT2D eigenvalue weighted by Crippen LogP contribution is -2.36. The number of nitrogens with two attached hydrogens (primary N) is 1. The molecule has 1 aromatic heterocycles. The summed E-state index contributed by atoms with van der Waals surface area (Å²) < 4.78 is 5.59. The van der Waals surface area contributed by atoms with E-state index in [4.69, 9.17) is 22.1 Å². The maximum atomic E-state index is 11.9. The Hall–Kier alpha value is -2.44. The summed E-state index contributed by atoms with van der Waals surface area (Å²) in [5.74, 6) is -0.974. The molecule has 6 nitrogen and oxygen atoms in total. The van der Waals surface area contributed by atoms with Gasteiger partial charge < -0.3 is 10.5 Å². The molecule has 0 bridgehead atoms. The van der Waals surface area contributed by atoms with Crippen LogP contribution in [0.25, 0.3) is 0 Å². The number of nitrogens with one attached hydrogen (secondary N) is 1. The first-order valence-corrected chi connectivity index (χ1v) is 6.84. The van der Waals surface area contributed by atoms with Gasteiger partial charge in [-0.1, -0.05) is 23.7 Å². The van der Waals surface area contributed by atoms with Gasteiger partial charge in [0.2, 0.25) is 5.91 Å². The standard InChI is InChI=1S/C15H14ClN3O3/c16-11-4-1-3-10(7-11)9-22-12-5-2-6-18-14(12)15(21)19-13(20)8-17/h1-7H,8-9,17H2,(H,19,20,21). The van der Waals surface area contributed by atoms with Crippen LogP contribution in [0.15, 0.2) is 42.6 Å². The fraction of sp³-hybridized carbons (Fsp3) is 0.133. The van der Waals surface area contributed by atoms with Crippen molar-refractivity contribution in [3.05, 3.63) is 58.9 Å². The SMILES string of the molecule is NCC(=O)NC(=O)c1ncccc1OCc1cccc(Cl)c1. The van der Waals surface area contributed by atoms with E-state index in [0.717, 1.165) is 5.56 Å². The van der Waals surface area contributed by atoms with Crippen LogP contribution in [-0.4, -0.2) is 23.3 Å². The Bertz CT molecular complexity index is 691. The van der Waals surface area contributed by atoms with Crippen molar-refractivity contribution in [3.63, 3.8) is 0 Å². The lowest BCUT2D eigenvalue weighted by Gasteiger charge is -2.10. The Kier molecular flexibility index (Phi) is 5.46. The van der Waals surface area contributed by atoms with E-state index in [2.05, 4.69) is 10.3 Å². The maximum Gasteiger partial charge on any atom is 0.280 e. The van der Waals surface area contributed by atoms with Crippen LogP contribution in [0.3, 0.4) is 0 Å². The van der Waals surface area contributed by atoms with Crippen molar-refractivity contribution in [2.45, 2.75) is 6.61 Å². The second-order valence-electron chi connectivity index (χ2n) is 4.35. The first kappa shape index (κ1) is 15.9. The van der Waals surface area contributed by atoms with Gasteiger partial charge in [-0.15, -0.1) is 0 Å². The number of hydrogen-bond donors (Lipinski definition) is 2. The minimum absolute atomic E-state index is 0.0197. The molecule has 0 aliphatic heterocycles. The zero-order chi connectivity index (χ0) is 15.9. The van der Waals surface area contributed by atoms with E-state index in [9.17, 15) is 9.59 Å². The molecule has 0 aliphatic carbocycles. The molecule has 0 fully saturated rings. The lowest BCUT2D eigenvalue weighted by atomic mass is 10.2. The van der Waals surface area contributed by atoms with Crippen LogP contribution in [0.4, 0.5) is 0 Å². The molecular weight excluding hydrogens is 306 g/mol. The van der Waals surface area contributed by atoms with Crippen molar-refractivity contribution < 1.29 is 14.3 Å². The van der Waals surface area contributed by atoms with Gasteiger partial charge in [0.15, 0.2) is 11.4 Å². The van der Waals surface area contributed by atoms with Crippen molar-refractivity contribution in [2.75, 3.05) is 6.54 Å². The van der Waals surface area contributed by atoms with Crippen LogP contribution < -0.4 is 15.8 Å². The molecule has 114 valence electrons. The number of carbonyl (C=O) groups is 2. The highest BCUT2D eigenvalue weighted by molar-refractivity contribution is 6.30. The van der Waals surface area contributed by atoms with Gasteiger partial charge in [0.05, 0.1) is 6.54 Å². The molecule has 22 heavy (non-hydrogen) atoms. The zero-order valence-electron chi connectivity index (χ0n) is 11.6. The van der Waals surface area contributed by atoms with E-state index < -0.39 is 11.8 Å². The maximum absolute atomic E-state index is 11.9. The molecule has 2 aromatic rings. The number of ether oxygens (including phenoxy) is 1. The number of hydrogen-bond acceptors (Lipinski definition) is 5. The van der Waals surface area contributed by atoms with Gasteiger partial charge in [-0.05, 0) is 29.8 Å². The Morgan fingerprint density at radius 2 is 2.09 bits per heavy atom. The van der Waals surface area contributed by atoms with E-state index in [-0.39, 0.29) is 24.6 Å². The predicted octanol–water partition coefficient (Wildman–Crippen LogP) is 1.53. The number of imide groups is 1. The summed E-state index contributed by atoms with van der Waals surface area (Å²) in [6.45, 7) is -0.0609. The highest BCUT2D eigenvalue weighted by Gasteiger charge is 2.16. The quantitative estimate of drug-likeness (QED) is 0.871. The molecule has 1 heterocycles. The van der Waals surface area contributed by atoms with E-state index >= 15 is 0 Å². The number of amides is 2. The molecule has 0 atom stereocenters. The molecule has 3 N–H and O–H groups in total. The van der Waals surface area contributed by atoms with Gasteiger partial charge in [-0.3, -0.25) is 14.9 Å². The molecular formula is C15H14ClN3O3. The largest absolute Gasteiger partial charge is 0.486 e. The molecule has 0 unspecified atom stereocenters. The number of halogens is 1. The average molecular weight is 320 g/mol. The highest BCUT2D eigenvalue weighted by Crippen LogP contribution is 2.18. The van der Waals surface area contributed by atoms with Crippen LogP contribution in [0.5, 0.6) is 5.75 Å². The summed E-state index contributed by atoms with van der Waals surface area (Å²) in [5.41, 5.74) is 6.02. The molecule has 0 saturated carbocycles. The summed E-state index contributed by atoms with van der Waals surface area (Å²) >= 11 is 5.90. The summed E-state index contributed by atoms with van der Waals surface area (Å²) in [6.07, 6.45) is 1.44. The van der Waals surface area contributed by atoms with Crippen molar-refractivity contribution in [1.82, 2.24) is 10.3 Å². The van der Waals surface area contributed by atoms with Crippen LogP contribution >= 0.6 is 11.6 Å². The predicted molar refractivity (Wildman–Crippen MR) is 81.5 cm³/mol. The summed E-state index contributed by atoms with van der Waals surface area (Å²) in [6, 6.07) is 10.4. The Morgan fingerprint density at radius 1 is 1.27 bits per heavy atom. The highest BCUT2D eigenvalue weighted by atomic mass is 35.5. The second kappa shape index (κ2) is 7.53. The van der Waals surface area contributed by atoms with Crippen LogP contribution in [0.1, 0.15) is 16.1 Å². The Labute approximate surface area is 132 Å². The van der Waals surface area contributed by atoms with Gasteiger partial charge in [-0.25, -0.2) is 4.98 Å². The number of rotatable bonds is 5. The summed E-state index contributed by atoms with van der Waals surface area (Å²) in [5, 5.41) is 2.72. The fourth-order valence-electron chi connectivity index (χ4n) is 1.70. The Balaban J connectivity index is 2.11. The minimum Gasteiger partial charge on any atom is -0.486 e. The lowest BCUT2D eigenvalue weighted by molar-refractivity contribution is -0.118. The van der Waals surface area contributed by atoms with E-state index in [1.165, 1.54) is 6.20 Å². The normalized spacial score (nSPS) is 10.1. The first-order chi connectivity index (χ1) is 10.6. The number of pyridine rings is 1. The fourth-order valence-corrected chi connectivity index (χ4v) is 1.92. The minimum atomic E-state index is -0.655. The third kappa shape index (κ3) is 4.28. The average Bonchev–Trinajstić information content (AvgIpc) is 2.53. The molecule has 2 amide bonds. The van der Waals surface area contributed by atoms with Gasteiger partial charge in [0, 0.05) is 11.2 Å². The van der Waals surface area contributed by atoms with Crippen molar-refractivity contribution in [2.24, 2.45) is 5.73 Å². The molecule has 0 spiro atoms. The van der Waals surface area contributed by atoms with Gasteiger partial charge in [0.1, 0.15) is 6.61 Å². The smallest absolute Gasteiger partial charge is 0.280 e. The number of benzene rings is 1. The van der Waals surface area contributed by atoms with Crippen molar-refractivity contribution in [1.29, 1.82) is 0 Å². The first-order valence-electron chi connectivity index (χ1n) is 6.46. The van der Waals surface area contributed by atoms with E-state index in [0.29, 0.717) is 5.02 Å². The number of nitrogens with zero attached hydrogens (tertiary/aromatic N) is 1. The number of aromatic nitrogens is 1. The van der Waals surface area contributed by atoms with Gasteiger partial charge in [-0.2, -0.15) is 0 Å². The third-order valence-electron chi connectivity index (χ3n) is 2.71. The monoisotopic (exact) mass is 319 g/mol. The summed E-state index contributed by atoms with van der Waals surface area (Å²) in [7, 11) is 0.